The maximum atomic E-state index is 14.5. The van der Waals surface area contributed by atoms with Gasteiger partial charge in [0, 0.05) is 13.1 Å². The predicted molar refractivity (Wildman–Crippen MR) is 217 cm³/mol. The van der Waals surface area contributed by atoms with Crippen LogP contribution < -0.4 is 26.6 Å². The van der Waals surface area contributed by atoms with Crippen LogP contribution in [0.15, 0.2) is 12.7 Å². The summed E-state index contributed by atoms with van der Waals surface area (Å²) < 4.78 is 6.22. The van der Waals surface area contributed by atoms with Gasteiger partial charge in [0.15, 0.2) is 0 Å². The Kier molecular flexibility index (Phi) is 17.1. The fourth-order valence-corrected chi connectivity index (χ4v) is 7.79. The number of rotatable bonds is 11. The van der Waals surface area contributed by atoms with E-state index in [2.05, 4.69) is 33.2 Å². The van der Waals surface area contributed by atoms with E-state index in [0.717, 1.165) is 0 Å². The molecule has 0 saturated carbocycles. The van der Waals surface area contributed by atoms with Gasteiger partial charge in [-0.1, -0.05) is 80.7 Å². The lowest BCUT2D eigenvalue weighted by Crippen LogP contribution is -2.63. The highest BCUT2D eigenvalue weighted by atomic mass is 16.5. The molecule has 0 aromatic heterocycles. The maximum Gasteiger partial charge on any atom is 0.246 e. The molecule has 0 aromatic carbocycles. The molecule has 15 nitrogen and oxygen atoms in total. The molecule has 3 rings (SSSR count). The summed E-state index contributed by atoms with van der Waals surface area (Å²) in [6, 6.07) is -7.28. The minimum atomic E-state index is -1.31. The smallest absolute Gasteiger partial charge is 0.246 e. The van der Waals surface area contributed by atoms with Gasteiger partial charge in [-0.3, -0.25) is 33.6 Å². The fraction of sp³-hybridized carbons (Fsp3) is 0.786. The Bertz CT molecular complexity index is 1490. The zero-order valence-corrected chi connectivity index (χ0v) is 36.2. The van der Waals surface area contributed by atoms with Gasteiger partial charge >= 0.3 is 0 Å². The number of carbonyl (C=O) groups is 7. The van der Waals surface area contributed by atoms with Crippen molar-refractivity contribution in [2.45, 2.75) is 175 Å². The molecule has 3 aliphatic heterocycles. The van der Waals surface area contributed by atoms with Crippen molar-refractivity contribution in [1.82, 2.24) is 36.4 Å². The first-order valence-electron chi connectivity index (χ1n) is 21.2. The van der Waals surface area contributed by atoms with E-state index in [1.54, 1.807) is 40.7 Å². The topological polar surface area (TPSA) is 195 Å². The van der Waals surface area contributed by atoms with Gasteiger partial charge < -0.3 is 41.1 Å². The first-order valence-corrected chi connectivity index (χ1v) is 21.2. The molecule has 0 aromatic rings. The van der Waals surface area contributed by atoms with E-state index >= 15 is 0 Å². The van der Waals surface area contributed by atoms with E-state index in [-0.39, 0.29) is 30.8 Å². The Hall–Kier alpha value is -4.01. The SMILES string of the molecule is C=CC(C)(C)OC(C)[C@@H]1NC(=O)[C@H](C(C)C)NC(=O)[C@@H]2CCCN2C(=O)[C@H](C(C)CC)NC(=O)[C@H](C(C)CC)NC(=O)[C@@H]2CCCN2C(=O)[C@H](C(C)CC)NC1=O. The highest BCUT2D eigenvalue weighted by molar-refractivity contribution is 5.99. The number of nitrogens with zero attached hydrogens (tertiary/aromatic N) is 2. The summed E-state index contributed by atoms with van der Waals surface area (Å²) >= 11 is 0. The van der Waals surface area contributed by atoms with Gasteiger partial charge in [0.05, 0.1) is 11.7 Å². The van der Waals surface area contributed by atoms with Crippen LogP contribution in [0, 0.1) is 23.7 Å². The molecule has 3 saturated heterocycles. The third-order valence-corrected chi connectivity index (χ3v) is 12.3. The number of hydrogen-bond acceptors (Lipinski definition) is 8. The van der Waals surface area contributed by atoms with Gasteiger partial charge in [-0.2, -0.15) is 0 Å². The zero-order valence-electron chi connectivity index (χ0n) is 36.2. The number of fused-ring (bicyclic) bond motifs is 2. The molecule has 11 atom stereocenters. The van der Waals surface area contributed by atoms with Gasteiger partial charge in [-0.15, -0.1) is 6.58 Å². The lowest BCUT2D eigenvalue weighted by Gasteiger charge is -2.35. The molecular formula is C42H71N7O8. The highest BCUT2D eigenvalue weighted by Gasteiger charge is 2.45. The van der Waals surface area contributed by atoms with Gasteiger partial charge in [0.25, 0.3) is 0 Å². The number of carbonyl (C=O) groups excluding carboxylic acids is 7. The van der Waals surface area contributed by atoms with Crippen LogP contribution in [0.2, 0.25) is 0 Å². The lowest BCUT2D eigenvalue weighted by atomic mass is 9.94. The Labute approximate surface area is 340 Å². The van der Waals surface area contributed by atoms with E-state index in [1.165, 1.54) is 9.80 Å². The third kappa shape index (κ3) is 11.6. The first-order chi connectivity index (χ1) is 26.7. The van der Waals surface area contributed by atoms with Gasteiger partial charge in [0.2, 0.25) is 41.4 Å². The molecule has 5 N–H and O–H groups in total. The van der Waals surface area contributed by atoms with Crippen LogP contribution in [-0.2, 0) is 38.3 Å². The average molecular weight is 802 g/mol. The fourth-order valence-electron chi connectivity index (χ4n) is 7.79. The molecule has 3 fully saturated rings. The van der Waals surface area contributed by atoms with Gasteiger partial charge in [-0.25, -0.2) is 0 Å². The van der Waals surface area contributed by atoms with Crippen LogP contribution in [0.5, 0.6) is 0 Å². The Balaban J connectivity index is 2.19. The summed E-state index contributed by atoms with van der Waals surface area (Å²) in [5.74, 6) is -5.17. The van der Waals surface area contributed by atoms with E-state index < -0.39 is 101 Å². The van der Waals surface area contributed by atoms with Crippen molar-refractivity contribution in [2.75, 3.05) is 13.1 Å². The Morgan fingerprint density at radius 1 is 0.596 bits per heavy atom. The van der Waals surface area contributed by atoms with Crippen molar-refractivity contribution in [3.8, 4) is 0 Å². The second-order valence-corrected chi connectivity index (χ2v) is 17.3. The summed E-state index contributed by atoms with van der Waals surface area (Å²) in [7, 11) is 0. The van der Waals surface area contributed by atoms with E-state index in [1.807, 2.05) is 41.5 Å². The van der Waals surface area contributed by atoms with Crippen molar-refractivity contribution in [2.24, 2.45) is 23.7 Å². The minimum Gasteiger partial charge on any atom is -0.366 e. The summed E-state index contributed by atoms with van der Waals surface area (Å²) in [6.07, 6.45) is 4.05. The molecule has 322 valence electrons. The molecule has 0 aliphatic carbocycles. The average Bonchev–Trinajstić information content (AvgIpc) is 3.88. The third-order valence-electron chi connectivity index (χ3n) is 12.3. The number of amides is 7. The highest BCUT2D eigenvalue weighted by Crippen LogP contribution is 2.25. The summed E-state index contributed by atoms with van der Waals surface area (Å²) in [6.45, 7) is 24.3. The molecule has 0 radical (unpaired) electrons. The lowest BCUT2D eigenvalue weighted by molar-refractivity contribution is -0.145. The molecule has 0 spiro atoms. The standard InChI is InChI=1S/C42H71N7O8/c1-13-24(7)31-38(53)45-32(25(8)14-2)40(55)48-21-17-19-28(48)35(50)43-30(23(5)6)37(52)47-34(27(10)57-42(11,12)16-4)39(54)46-33(26(9)15-3)41(56)49-22-18-20-29(49)36(51)44-31/h16,23-34H,4,13-15,17-22H2,1-3,5-12H3,(H,43,50)(H,44,51)(H,45,53)(H,46,54)(H,47,52)/t24?,25?,26?,27?,28-,29-,30-,31-,32-,33-,34-/m0/s1. The predicted octanol–water partition coefficient (Wildman–Crippen LogP) is 2.57. The monoisotopic (exact) mass is 802 g/mol. The summed E-state index contributed by atoms with van der Waals surface area (Å²) in [4.78, 5) is 103. The van der Waals surface area contributed by atoms with Crippen molar-refractivity contribution in [3.63, 3.8) is 0 Å². The second kappa shape index (κ2) is 20.6. The minimum absolute atomic E-state index is 0.268. The molecule has 57 heavy (non-hydrogen) atoms. The van der Waals surface area contributed by atoms with E-state index in [0.29, 0.717) is 44.9 Å². The second-order valence-electron chi connectivity index (χ2n) is 17.3. The molecule has 0 bridgehead atoms. The van der Waals surface area contributed by atoms with Gasteiger partial charge in [-0.05, 0) is 70.1 Å². The molecule has 7 amide bonds. The van der Waals surface area contributed by atoms with Crippen molar-refractivity contribution < 1.29 is 38.3 Å². The Morgan fingerprint density at radius 3 is 1.35 bits per heavy atom. The van der Waals surface area contributed by atoms with E-state index in [9.17, 15) is 33.6 Å². The first kappa shape index (κ1) is 47.4. The van der Waals surface area contributed by atoms with Crippen LogP contribution in [0.4, 0.5) is 0 Å². The summed E-state index contributed by atoms with van der Waals surface area (Å²) in [5, 5.41) is 14.5. The van der Waals surface area contributed by atoms with Crippen molar-refractivity contribution in [3.05, 3.63) is 12.7 Å². The van der Waals surface area contributed by atoms with Crippen LogP contribution in [0.25, 0.3) is 0 Å². The summed E-state index contributed by atoms with van der Waals surface area (Å²) in [5.41, 5.74) is -0.894. The van der Waals surface area contributed by atoms with Crippen LogP contribution >= 0.6 is 0 Å². The molecule has 3 aliphatic rings. The molecule has 4 unspecified atom stereocenters. The van der Waals surface area contributed by atoms with Crippen molar-refractivity contribution in [1.29, 1.82) is 0 Å². The maximum absolute atomic E-state index is 14.5. The van der Waals surface area contributed by atoms with E-state index in [4.69, 9.17) is 4.74 Å². The zero-order chi connectivity index (χ0) is 42.9. The van der Waals surface area contributed by atoms with Crippen LogP contribution in [0.3, 0.4) is 0 Å². The molecule has 3 heterocycles. The van der Waals surface area contributed by atoms with Crippen molar-refractivity contribution >= 4 is 41.4 Å². The normalized spacial score (nSPS) is 29.8. The Morgan fingerprint density at radius 2 is 0.947 bits per heavy atom. The van der Waals surface area contributed by atoms with Crippen LogP contribution in [-0.4, -0.2) is 118 Å². The number of ether oxygens (including phenoxy) is 1. The quantitative estimate of drug-likeness (QED) is 0.197. The van der Waals surface area contributed by atoms with Gasteiger partial charge in [0.1, 0.15) is 42.3 Å². The van der Waals surface area contributed by atoms with Crippen LogP contribution in [0.1, 0.15) is 121 Å². The molecular weight excluding hydrogens is 731 g/mol. The largest absolute Gasteiger partial charge is 0.366 e. The number of hydrogen-bond donors (Lipinski definition) is 5. The number of nitrogens with one attached hydrogen (secondary N) is 5. The molecule has 15 heteroatoms.